The summed E-state index contributed by atoms with van der Waals surface area (Å²) < 4.78 is 29.6. The summed E-state index contributed by atoms with van der Waals surface area (Å²) in [6.07, 6.45) is -0.207. The van der Waals surface area contributed by atoms with E-state index in [4.69, 9.17) is 19.6 Å². The maximum absolute atomic E-state index is 14.4. The minimum Gasteiger partial charge on any atom is -0.480 e. The van der Waals surface area contributed by atoms with E-state index in [1.54, 1.807) is 12.1 Å². The molecule has 0 bridgehead atoms. The highest BCUT2D eigenvalue weighted by Gasteiger charge is 2.33. The van der Waals surface area contributed by atoms with E-state index in [0.717, 1.165) is 6.40 Å². The molecule has 0 aliphatic carbocycles. The Bertz CT molecular complexity index is 592. The van der Waals surface area contributed by atoms with Crippen molar-refractivity contribution in [3.63, 3.8) is 0 Å². The molecule has 1 aromatic carbocycles. The Kier molecular flexibility index (Phi) is 4.61. The molecular weight excluding hydrogens is 305 g/mol. The first-order valence-corrected chi connectivity index (χ1v) is 7.40. The predicted octanol–water partition coefficient (Wildman–Crippen LogP) is 1.61. The van der Waals surface area contributed by atoms with E-state index >= 15 is 0 Å². The van der Waals surface area contributed by atoms with Crippen LogP contribution in [0.1, 0.15) is 0 Å². The van der Waals surface area contributed by atoms with Gasteiger partial charge in [0.15, 0.2) is 12.5 Å². The molecule has 1 atom stereocenters. The van der Waals surface area contributed by atoms with E-state index in [9.17, 15) is 9.18 Å². The lowest BCUT2D eigenvalue weighted by molar-refractivity contribution is 0.103. The van der Waals surface area contributed by atoms with Crippen LogP contribution < -0.4 is 9.80 Å². The van der Waals surface area contributed by atoms with Crippen LogP contribution in [0.15, 0.2) is 18.2 Å². The van der Waals surface area contributed by atoms with Crippen LogP contribution in [-0.2, 0) is 14.2 Å². The molecule has 8 heteroatoms. The number of cyclic esters (lactones) is 1. The van der Waals surface area contributed by atoms with Crippen LogP contribution in [0.5, 0.6) is 0 Å². The zero-order valence-electron chi connectivity index (χ0n) is 12.5. The number of morpholine rings is 1. The Morgan fingerprint density at radius 2 is 2.17 bits per heavy atom. The average Bonchev–Trinajstić information content (AvgIpc) is 2.94. The van der Waals surface area contributed by atoms with Gasteiger partial charge in [0.2, 0.25) is 0 Å². The van der Waals surface area contributed by atoms with Crippen LogP contribution in [0.2, 0.25) is 0 Å². The second kappa shape index (κ2) is 6.82. The zero-order valence-corrected chi connectivity index (χ0v) is 12.5. The first kappa shape index (κ1) is 15.5. The molecule has 3 rings (SSSR count). The van der Waals surface area contributed by atoms with Crippen LogP contribution in [0.25, 0.3) is 0 Å². The highest BCUT2D eigenvalue weighted by Crippen LogP contribution is 2.28. The van der Waals surface area contributed by atoms with Crippen molar-refractivity contribution in [3.8, 4) is 0 Å². The van der Waals surface area contributed by atoms with Crippen LogP contribution in [0.4, 0.5) is 20.6 Å². The average molecular weight is 323 g/mol. The van der Waals surface area contributed by atoms with Gasteiger partial charge in [-0.3, -0.25) is 10.3 Å². The Morgan fingerprint density at radius 1 is 1.39 bits per heavy atom. The molecule has 1 aromatic rings. The summed E-state index contributed by atoms with van der Waals surface area (Å²) in [6.45, 7) is 2.82. The van der Waals surface area contributed by atoms with Crippen LogP contribution in [-0.4, -0.2) is 58.1 Å². The van der Waals surface area contributed by atoms with Crippen molar-refractivity contribution in [3.05, 3.63) is 24.0 Å². The first-order chi connectivity index (χ1) is 11.2. The summed E-state index contributed by atoms with van der Waals surface area (Å²) in [7, 11) is 0. The SMILES string of the molecule is N=COC[C@H]1CN(c2ccc(N3CCOCC3)c(F)c2)C(=O)O1. The maximum atomic E-state index is 14.4. The number of ether oxygens (including phenoxy) is 3. The zero-order chi connectivity index (χ0) is 16.2. The van der Waals surface area contributed by atoms with Gasteiger partial charge in [0.25, 0.3) is 0 Å². The molecule has 0 spiro atoms. The first-order valence-electron chi connectivity index (χ1n) is 7.40. The van der Waals surface area contributed by atoms with Gasteiger partial charge in [-0.05, 0) is 18.2 Å². The number of halogens is 1. The summed E-state index contributed by atoms with van der Waals surface area (Å²) in [5.41, 5.74) is 0.954. The molecule has 7 nitrogen and oxygen atoms in total. The number of anilines is 2. The second-order valence-corrected chi connectivity index (χ2v) is 5.30. The van der Waals surface area contributed by atoms with E-state index in [-0.39, 0.29) is 19.0 Å². The number of carbonyl (C=O) groups excluding carboxylic acids is 1. The van der Waals surface area contributed by atoms with Gasteiger partial charge in [-0.15, -0.1) is 0 Å². The Hall–Kier alpha value is -2.35. The molecule has 2 fully saturated rings. The van der Waals surface area contributed by atoms with Crippen molar-refractivity contribution in [1.82, 2.24) is 0 Å². The molecule has 2 aliphatic rings. The highest BCUT2D eigenvalue weighted by molar-refractivity contribution is 5.90. The van der Waals surface area contributed by atoms with E-state index in [2.05, 4.69) is 0 Å². The monoisotopic (exact) mass is 323 g/mol. The van der Waals surface area contributed by atoms with Crippen LogP contribution >= 0.6 is 0 Å². The number of nitrogens with one attached hydrogen (secondary N) is 1. The Morgan fingerprint density at radius 3 is 2.87 bits per heavy atom. The van der Waals surface area contributed by atoms with E-state index in [0.29, 0.717) is 37.7 Å². The van der Waals surface area contributed by atoms with Gasteiger partial charge in [0.05, 0.1) is 31.1 Å². The van der Waals surface area contributed by atoms with Gasteiger partial charge < -0.3 is 19.1 Å². The van der Waals surface area contributed by atoms with Crippen molar-refractivity contribution in [2.45, 2.75) is 6.10 Å². The maximum Gasteiger partial charge on any atom is 0.414 e. The minimum absolute atomic E-state index is 0.111. The fraction of sp³-hybridized carbons (Fsp3) is 0.467. The summed E-state index contributed by atoms with van der Waals surface area (Å²) in [4.78, 5) is 15.2. The van der Waals surface area contributed by atoms with Gasteiger partial charge in [0, 0.05) is 13.1 Å². The molecule has 124 valence electrons. The van der Waals surface area contributed by atoms with Crippen molar-refractivity contribution < 1.29 is 23.4 Å². The third-order valence-corrected chi connectivity index (χ3v) is 3.83. The van der Waals surface area contributed by atoms with Gasteiger partial charge in [-0.25, -0.2) is 9.18 Å². The molecule has 0 aromatic heterocycles. The third-order valence-electron chi connectivity index (χ3n) is 3.83. The Labute approximate surface area is 133 Å². The predicted molar refractivity (Wildman–Crippen MR) is 81.8 cm³/mol. The largest absolute Gasteiger partial charge is 0.480 e. The number of benzene rings is 1. The van der Waals surface area contributed by atoms with Crippen LogP contribution in [0, 0.1) is 11.2 Å². The molecule has 1 amide bonds. The van der Waals surface area contributed by atoms with Crippen molar-refractivity contribution in [1.29, 1.82) is 5.41 Å². The lowest BCUT2D eigenvalue weighted by atomic mass is 10.2. The van der Waals surface area contributed by atoms with E-state index in [1.807, 2.05) is 4.90 Å². The summed E-state index contributed by atoms with van der Waals surface area (Å²) >= 11 is 0. The number of hydrogen-bond donors (Lipinski definition) is 1. The molecule has 0 radical (unpaired) electrons. The lowest BCUT2D eigenvalue weighted by Crippen LogP contribution is -2.36. The molecule has 2 heterocycles. The van der Waals surface area contributed by atoms with E-state index < -0.39 is 12.2 Å². The minimum atomic E-state index is -0.540. The number of hydrogen-bond acceptors (Lipinski definition) is 6. The normalized spacial score (nSPS) is 21.3. The highest BCUT2D eigenvalue weighted by atomic mass is 19.1. The van der Waals surface area contributed by atoms with Gasteiger partial charge >= 0.3 is 6.09 Å². The number of nitrogens with zero attached hydrogens (tertiary/aromatic N) is 2. The molecule has 0 unspecified atom stereocenters. The Balaban J connectivity index is 1.72. The number of carbonyl (C=O) groups is 1. The molecule has 23 heavy (non-hydrogen) atoms. The molecular formula is C15H18FN3O4. The topological polar surface area (TPSA) is 75.1 Å². The van der Waals surface area contributed by atoms with Crippen molar-refractivity contribution >= 4 is 23.9 Å². The summed E-state index contributed by atoms with van der Waals surface area (Å²) in [6, 6.07) is 4.71. The van der Waals surface area contributed by atoms with Crippen molar-refractivity contribution in [2.75, 3.05) is 49.3 Å². The molecule has 2 saturated heterocycles. The lowest BCUT2D eigenvalue weighted by Gasteiger charge is -2.29. The summed E-state index contributed by atoms with van der Waals surface area (Å²) in [5.74, 6) is -0.378. The van der Waals surface area contributed by atoms with E-state index in [1.165, 1.54) is 11.0 Å². The summed E-state index contributed by atoms with van der Waals surface area (Å²) in [5, 5.41) is 6.82. The van der Waals surface area contributed by atoms with Gasteiger partial charge in [-0.1, -0.05) is 0 Å². The fourth-order valence-electron chi connectivity index (χ4n) is 2.70. The molecule has 0 saturated carbocycles. The second-order valence-electron chi connectivity index (χ2n) is 5.30. The number of rotatable bonds is 5. The molecule has 1 N–H and O–H groups in total. The smallest absolute Gasteiger partial charge is 0.414 e. The van der Waals surface area contributed by atoms with Gasteiger partial charge in [-0.2, -0.15) is 0 Å². The van der Waals surface area contributed by atoms with Gasteiger partial charge in [0.1, 0.15) is 12.4 Å². The van der Waals surface area contributed by atoms with Crippen molar-refractivity contribution in [2.24, 2.45) is 0 Å². The quantitative estimate of drug-likeness (QED) is 0.658. The third kappa shape index (κ3) is 3.37. The standard InChI is InChI=1S/C15H18FN3O4/c16-13-7-11(1-2-14(13)18-3-5-21-6-4-18)19-8-12(9-22-10-17)23-15(19)20/h1-2,7,10,12,17H,3-6,8-9H2/t12-/m1/s1. The fourth-order valence-corrected chi connectivity index (χ4v) is 2.70. The molecule has 2 aliphatic heterocycles. The van der Waals surface area contributed by atoms with Crippen LogP contribution in [0.3, 0.4) is 0 Å². The number of amides is 1.